The monoisotopic (exact) mass is 275 g/mol. The third kappa shape index (κ3) is 2.64. The predicted molar refractivity (Wildman–Crippen MR) is 79.9 cm³/mol. The molecule has 2 fully saturated rings. The molecule has 0 radical (unpaired) electrons. The SMILES string of the molecule is COc1ccc(CNC(C)C2CC3CCC2C3)cc1O. The van der Waals surface area contributed by atoms with E-state index in [0.717, 1.165) is 29.9 Å². The first-order valence-corrected chi connectivity index (χ1v) is 7.76. The molecule has 2 N–H and O–H groups in total. The summed E-state index contributed by atoms with van der Waals surface area (Å²) in [6.45, 7) is 3.13. The Kier molecular flexibility index (Phi) is 3.88. The normalized spacial score (nSPS) is 29.6. The number of phenols is 1. The Hall–Kier alpha value is -1.22. The Bertz CT molecular complexity index is 474. The first kappa shape index (κ1) is 13.7. The molecular weight excluding hydrogens is 250 g/mol. The van der Waals surface area contributed by atoms with Gasteiger partial charge in [-0.3, -0.25) is 0 Å². The predicted octanol–water partition coefficient (Wildman–Crippen LogP) is 3.32. The van der Waals surface area contributed by atoms with Crippen molar-refractivity contribution in [1.29, 1.82) is 0 Å². The first-order valence-electron chi connectivity index (χ1n) is 7.76. The van der Waals surface area contributed by atoms with Crippen molar-refractivity contribution in [3.05, 3.63) is 23.8 Å². The summed E-state index contributed by atoms with van der Waals surface area (Å²) in [6.07, 6.45) is 5.76. The van der Waals surface area contributed by atoms with Gasteiger partial charge in [-0.15, -0.1) is 0 Å². The van der Waals surface area contributed by atoms with Crippen molar-refractivity contribution in [1.82, 2.24) is 5.32 Å². The van der Waals surface area contributed by atoms with E-state index in [2.05, 4.69) is 12.2 Å². The van der Waals surface area contributed by atoms with E-state index in [1.807, 2.05) is 12.1 Å². The standard InChI is InChI=1S/C17H25NO2/c1-11(15-8-12-3-5-14(15)7-12)18-10-13-4-6-17(20-2)16(19)9-13/h4,6,9,11-12,14-15,18-19H,3,5,7-8,10H2,1-2H3. The number of fused-ring (bicyclic) bond motifs is 2. The molecule has 0 heterocycles. The number of methoxy groups -OCH3 is 1. The maximum absolute atomic E-state index is 9.80. The molecule has 0 amide bonds. The summed E-state index contributed by atoms with van der Waals surface area (Å²) in [5, 5.41) is 13.4. The van der Waals surface area contributed by atoms with Crippen molar-refractivity contribution in [2.24, 2.45) is 17.8 Å². The second-order valence-corrected chi connectivity index (χ2v) is 6.51. The van der Waals surface area contributed by atoms with Gasteiger partial charge in [-0.05, 0) is 61.6 Å². The summed E-state index contributed by atoms with van der Waals surface area (Å²) in [7, 11) is 1.57. The zero-order chi connectivity index (χ0) is 14.1. The Morgan fingerprint density at radius 1 is 1.35 bits per heavy atom. The van der Waals surface area contributed by atoms with Gasteiger partial charge in [0.1, 0.15) is 0 Å². The molecule has 3 rings (SSSR count). The van der Waals surface area contributed by atoms with Gasteiger partial charge in [0.05, 0.1) is 7.11 Å². The van der Waals surface area contributed by atoms with Crippen LogP contribution in [0.4, 0.5) is 0 Å². The minimum atomic E-state index is 0.222. The van der Waals surface area contributed by atoms with E-state index in [-0.39, 0.29) is 5.75 Å². The van der Waals surface area contributed by atoms with Crippen molar-refractivity contribution in [3.8, 4) is 11.5 Å². The van der Waals surface area contributed by atoms with Crippen molar-refractivity contribution >= 4 is 0 Å². The summed E-state index contributed by atoms with van der Waals surface area (Å²) in [4.78, 5) is 0. The zero-order valence-corrected chi connectivity index (χ0v) is 12.4. The fourth-order valence-electron chi connectivity index (χ4n) is 4.18. The highest BCUT2D eigenvalue weighted by Gasteiger charge is 2.41. The summed E-state index contributed by atoms with van der Waals surface area (Å²) >= 11 is 0. The van der Waals surface area contributed by atoms with Crippen LogP contribution in [0, 0.1) is 17.8 Å². The summed E-state index contributed by atoms with van der Waals surface area (Å²) in [6, 6.07) is 6.20. The maximum atomic E-state index is 9.80. The Labute approximate surface area is 121 Å². The quantitative estimate of drug-likeness (QED) is 0.866. The molecule has 3 nitrogen and oxygen atoms in total. The van der Waals surface area contributed by atoms with Crippen LogP contribution in [-0.4, -0.2) is 18.3 Å². The third-order valence-electron chi connectivity index (χ3n) is 5.31. The molecule has 2 saturated carbocycles. The fraction of sp³-hybridized carbons (Fsp3) is 0.647. The highest BCUT2D eigenvalue weighted by atomic mass is 16.5. The van der Waals surface area contributed by atoms with Crippen LogP contribution in [0.15, 0.2) is 18.2 Å². The topological polar surface area (TPSA) is 41.5 Å². The number of hydrogen-bond acceptors (Lipinski definition) is 3. The van der Waals surface area contributed by atoms with Crippen LogP contribution in [0.25, 0.3) is 0 Å². The number of phenolic OH excluding ortho intramolecular Hbond substituents is 1. The molecule has 1 aromatic carbocycles. The van der Waals surface area contributed by atoms with Crippen LogP contribution in [0.5, 0.6) is 11.5 Å². The van der Waals surface area contributed by atoms with Gasteiger partial charge in [-0.25, -0.2) is 0 Å². The Morgan fingerprint density at radius 3 is 2.80 bits per heavy atom. The molecule has 3 heteroatoms. The molecule has 20 heavy (non-hydrogen) atoms. The van der Waals surface area contributed by atoms with Gasteiger partial charge in [0.25, 0.3) is 0 Å². The lowest BCUT2D eigenvalue weighted by molar-refractivity contribution is 0.259. The lowest BCUT2D eigenvalue weighted by Gasteiger charge is -2.28. The average Bonchev–Trinajstić information content (AvgIpc) is 3.07. The van der Waals surface area contributed by atoms with Crippen LogP contribution >= 0.6 is 0 Å². The van der Waals surface area contributed by atoms with Crippen LogP contribution in [0.2, 0.25) is 0 Å². The number of aromatic hydroxyl groups is 1. The Morgan fingerprint density at radius 2 is 2.20 bits per heavy atom. The highest BCUT2D eigenvalue weighted by molar-refractivity contribution is 5.41. The molecule has 2 bridgehead atoms. The van der Waals surface area contributed by atoms with Gasteiger partial charge < -0.3 is 15.2 Å². The van der Waals surface area contributed by atoms with E-state index in [4.69, 9.17) is 4.74 Å². The largest absolute Gasteiger partial charge is 0.504 e. The van der Waals surface area contributed by atoms with Crippen molar-refractivity contribution < 1.29 is 9.84 Å². The lowest BCUT2D eigenvalue weighted by Crippen LogP contribution is -2.35. The summed E-state index contributed by atoms with van der Waals surface area (Å²) in [5.74, 6) is 3.56. The first-order chi connectivity index (χ1) is 9.67. The minimum absolute atomic E-state index is 0.222. The van der Waals surface area contributed by atoms with Gasteiger partial charge in [0.15, 0.2) is 11.5 Å². The number of nitrogens with one attached hydrogen (secondary N) is 1. The van der Waals surface area contributed by atoms with Crippen LogP contribution in [-0.2, 0) is 6.54 Å². The lowest BCUT2D eigenvalue weighted by atomic mass is 9.84. The molecule has 0 aliphatic heterocycles. The van der Waals surface area contributed by atoms with Gasteiger partial charge in [-0.2, -0.15) is 0 Å². The molecule has 2 aliphatic carbocycles. The zero-order valence-electron chi connectivity index (χ0n) is 12.4. The van der Waals surface area contributed by atoms with E-state index >= 15 is 0 Å². The van der Waals surface area contributed by atoms with Gasteiger partial charge in [-0.1, -0.05) is 12.5 Å². The van der Waals surface area contributed by atoms with E-state index in [9.17, 15) is 5.11 Å². The van der Waals surface area contributed by atoms with Gasteiger partial charge >= 0.3 is 0 Å². The molecule has 0 spiro atoms. The molecule has 4 unspecified atom stereocenters. The molecular formula is C17H25NO2. The number of benzene rings is 1. The van der Waals surface area contributed by atoms with E-state index in [0.29, 0.717) is 11.8 Å². The second kappa shape index (κ2) is 5.65. The molecule has 4 atom stereocenters. The van der Waals surface area contributed by atoms with Crippen LogP contribution in [0.1, 0.15) is 38.2 Å². The number of rotatable bonds is 5. The smallest absolute Gasteiger partial charge is 0.160 e. The highest BCUT2D eigenvalue weighted by Crippen LogP contribution is 2.49. The van der Waals surface area contributed by atoms with Crippen molar-refractivity contribution in [2.75, 3.05) is 7.11 Å². The van der Waals surface area contributed by atoms with Gasteiger partial charge in [0, 0.05) is 12.6 Å². The van der Waals surface area contributed by atoms with Crippen LogP contribution in [0.3, 0.4) is 0 Å². The molecule has 0 aromatic heterocycles. The second-order valence-electron chi connectivity index (χ2n) is 6.51. The third-order valence-corrected chi connectivity index (χ3v) is 5.31. The number of hydrogen-bond donors (Lipinski definition) is 2. The number of ether oxygens (including phenoxy) is 1. The van der Waals surface area contributed by atoms with Crippen molar-refractivity contribution in [3.63, 3.8) is 0 Å². The van der Waals surface area contributed by atoms with E-state index < -0.39 is 0 Å². The van der Waals surface area contributed by atoms with Crippen molar-refractivity contribution in [2.45, 2.75) is 45.2 Å². The van der Waals surface area contributed by atoms with Gasteiger partial charge in [0.2, 0.25) is 0 Å². The van der Waals surface area contributed by atoms with Crippen LogP contribution < -0.4 is 10.1 Å². The maximum Gasteiger partial charge on any atom is 0.160 e. The summed E-state index contributed by atoms with van der Waals surface area (Å²) in [5.41, 5.74) is 1.11. The van der Waals surface area contributed by atoms with E-state index in [1.165, 1.54) is 25.7 Å². The molecule has 110 valence electrons. The molecule has 0 saturated heterocycles. The Balaban J connectivity index is 1.55. The fourth-order valence-corrected chi connectivity index (χ4v) is 4.18. The summed E-state index contributed by atoms with van der Waals surface area (Å²) < 4.78 is 5.07. The average molecular weight is 275 g/mol. The molecule has 2 aliphatic rings. The molecule has 1 aromatic rings. The minimum Gasteiger partial charge on any atom is -0.504 e. The van der Waals surface area contributed by atoms with E-state index in [1.54, 1.807) is 13.2 Å².